The monoisotopic (exact) mass is 307 g/mol. The molecule has 0 fully saturated rings. The van der Waals surface area contributed by atoms with E-state index < -0.39 is 17.9 Å². The summed E-state index contributed by atoms with van der Waals surface area (Å²) in [6.07, 6.45) is 3.80. The van der Waals surface area contributed by atoms with E-state index in [4.69, 9.17) is 0 Å². The van der Waals surface area contributed by atoms with Gasteiger partial charge in [0.25, 0.3) is 0 Å². The normalized spacial score (nSPS) is 12.6. The second-order valence-electron chi connectivity index (χ2n) is 4.60. The standard InChI is InChI=1S/C16H18FNO4/c1-10-7-13(17)8-11(2)15(10)18-9-12(16(20)22-4)5-6-14(19)21-3/h5-9,12H,1-4H3. The number of esters is 2. The summed E-state index contributed by atoms with van der Waals surface area (Å²) in [7, 11) is 2.47. The molecule has 0 bridgehead atoms. The summed E-state index contributed by atoms with van der Waals surface area (Å²) in [5.74, 6) is -2.34. The van der Waals surface area contributed by atoms with Crippen LogP contribution in [0.4, 0.5) is 10.1 Å². The number of hydrogen-bond acceptors (Lipinski definition) is 5. The Morgan fingerprint density at radius 2 is 1.77 bits per heavy atom. The van der Waals surface area contributed by atoms with E-state index in [1.165, 1.54) is 38.6 Å². The second kappa shape index (κ2) is 8.07. The van der Waals surface area contributed by atoms with E-state index in [-0.39, 0.29) is 5.82 Å². The van der Waals surface area contributed by atoms with Crippen molar-refractivity contribution in [3.8, 4) is 0 Å². The average Bonchev–Trinajstić information content (AvgIpc) is 2.47. The van der Waals surface area contributed by atoms with Crippen molar-refractivity contribution in [2.45, 2.75) is 13.8 Å². The van der Waals surface area contributed by atoms with Crippen LogP contribution in [0.15, 0.2) is 29.3 Å². The highest BCUT2D eigenvalue weighted by Crippen LogP contribution is 2.24. The highest BCUT2D eigenvalue weighted by Gasteiger charge is 2.14. The van der Waals surface area contributed by atoms with Crippen molar-refractivity contribution in [3.05, 3.63) is 41.2 Å². The molecule has 22 heavy (non-hydrogen) atoms. The Morgan fingerprint density at radius 3 is 2.27 bits per heavy atom. The Labute approximate surface area is 128 Å². The molecule has 5 nitrogen and oxygen atoms in total. The van der Waals surface area contributed by atoms with Gasteiger partial charge in [-0.3, -0.25) is 9.79 Å². The fourth-order valence-electron chi connectivity index (χ4n) is 1.84. The van der Waals surface area contributed by atoms with Crippen LogP contribution in [0.5, 0.6) is 0 Å². The molecule has 0 aliphatic heterocycles. The van der Waals surface area contributed by atoms with Crippen molar-refractivity contribution in [2.24, 2.45) is 10.9 Å². The lowest BCUT2D eigenvalue weighted by molar-refractivity contribution is -0.141. The first-order valence-corrected chi connectivity index (χ1v) is 6.54. The predicted molar refractivity (Wildman–Crippen MR) is 80.7 cm³/mol. The molecule has 1 aromatic carbocycles. The third kappa shape index (κ3) is 4.80. The van der Waals surface area contributed by atoms with E-state index >= 15 is 0 Å². The van der Waals surface area contributed by atoms with Crippen LogP contribution in [0.2, 0.25) is 0 Å². The Bertz CT molecular complexity index is 600. The maximum absolute atomic E-state index is 13.3. The molecule has 6 heteroatoms. The molecule has 0 aliphatic carbocycles. The van der Waals surface area contributed by atoms with E-state index in [9.17, 15) is 14.0 Å². The number of aliphatic imine (C=N–C) groups is 1. The van der Waals surface area contributed by atoms with Gasteiger partial charge in [0.15, 0.2) is 0 Å². The summed E-state index contributed by atoms with van der Waals surface area (Å²) in [6.45, 7) is 3.44. The van der Waals surface area contributed by atoms with Gasteiger partial charge in [-0.15, -0.1) is 0 Å². The lowest BCUT2D eigenvalue weighted by Crippen LogP contribution is -2.15. The summed E-state index contributed by atoms with van der Waals surface area (Å²) in [6, 6.07) is 2.72. The number of nitrogens with zero attached hydrogens (tertiary/aromatic N) is 1. The van der Waals surface area contributed by atoms with Gasteiger partial charge < -0.3 is 9.47 Å². The van der Waals surface area contributed by atoms with Gasteiger partial charge in [0.1, 0.15) is 11.7 Å². The van der Waals surface area contributed by atoms with Gasteiger partial charge in [0.2, 0.25) is 0 Å². The van der Waals surface area contributed by atoms with E-state index in [0.29, 0.717) is 16.8 Å². The largest absolute Gasteiger partial charge is 0.468 e. The van der Waals surface area contributed by atoms with Crippen LogP contribution in [0.1, 0.15) is 11.1 Å². The zero-order chi connectivity index (χ0) is 16.7. The minimum atomic E-state index is -0.840. The molecule has 0 aromatic heterocycles. The quantitative estimate of drug-likeness (QED) is 0.476. The number of ether oxygens (including phenoxy) is 2. The van der Waals surface area contributed by atoms with Gasteiger partial charge in [0, 0.05) is 12.3 Å². The van der Waals surface area contributed by atoms with Crippen molar-refractivity contribution in [1.29, 1.82) is 0 Å². The molecule has 1 rings (SSSR count). The van der Waals surface area contributed by atoms with Crippen molar-refractivity contribution in [3.63, 3.8) is 0 Å². The highest BCUT2D eigenvalue weighted by molar-refractivity contribution is 5.94. The smallest absolute Gasteiger partial charge is 0.330 e. The van der Waals surface area contributed by atoms with Crippen LogP contribution in [0, 0.1) is 25.6 Å². The van der Waals surface area contributed by atoms with Crippen LogP contribution in [0.3, 0.4) is 0 Å². The van der Waals surface area contributed by atoms with Crippen LogP contribution < -0.4 is 0 Å². The fourth-order valence-corrected chi connectivity index (χ4v) is 1.84. The van der Waals surface area contributed by atoms with Crippen molar-refractivity contribution in [1.82, 2.24) is 0 Å². The first kappa shape index (κ1) is 17.6. The van der Waals surface area contributed by atoms with Gasteiger partial charge in [0.05, 0.1) is 19.9 Å². The second-order valence-corrected chi connectivity index (χ2v) is 4.60. The molecule has 0 saturated carbocycles. The Morgan fingerprint density at radius 1 is 1.18 bits per heavy atom. The average molecular weight is 307 g/mol. The lowest BCUT2D eigenvalue weighted by Gasteiger charge is -2.07. The Hall–Kier alpha value is -2.50. The third-order valence-electron chi connectivity index (χ3n) is 2.93. The van der Waals surface area contributed by atoms with Gasteiger partial charge >= 0.3 is 11.9 Å². The number of carbonyl (C=O) groups excluding carboxylic acids is 2. The number of methoxy groups -OCH3 is 2. The van der Waals surface area contributed by atoms with Gasteiger partial charge in [-0.2, -0.15) is 0 Å². The summed E-state index contributed by atoms with van der Waals surface area (Å²) in [4.78, 5) is 27.0. The van der Waals surface area contributed by atoms with E-state index in [0.717, 1.165) is 6.08 Å². The molecule has 0 amide bonds. The lowest BCUT2D eigenvalue weighted by atomic mass is 10.1. The molecular weight excluding hydrogens is 289 g/mol. The number of benzene rings is 1. The van der Waals surface area contributed by atoms with Gasteiger partial charge in [-0.1, -0.05) is 6.08 Å². The highest BCUT2D eigenvalue weighted by atomic mass is 19.1. The first-order valence-electron chi connectivity index (χ1n) is 6.54. The van der Waals surface area contributed by atoms with Gasteiger partial charge in [-0.05, 0) is 37.1 Å². The molecule has 1 unspecified atom stereocenters. The molecule has 0 radical (unpaired) electrons. The molecule has 0 saturated heterocycles. The first-order chi connectivity index (χ1) is 10.4. The fraction of sp³-hybridized carbons (Fsp3) is 0.312. The Kier molecular flexibility index (Phi) is 6.44. The van der Waals surface area contributed by atoms with Crippen molar-refractivity contribution < 1.29 is 23.5 Å². The van der Waals surface area contributed by atoms with E-state index in [1.807, 2.05) is 0 Å². The van der Waals surface area contributed by atoms with E-state index in [2.05, 4.69) is 14.5 Å². The minimum absolute atomic E-state index is 0.343. The molecule has 1 atom stereocenters. The number of aryl methyl sites for hydroxylation is 2. The third-order valence-corrected chi connectivity index (χ3v) is 2.93. The summed E-state index contributed by atoms with van der Waals surface area (Å²) in [5.41, 5.74) is 1.87. The molecule has 118 valence electrons. The topological polar surface area (TPSA) is 65.0 Å². The molecule has 0 N–H and O–H groups in total. The zero-order valence-corrected chi connectivity index (χ0v) is 12.9. The van der Waals surface area contributed by atoms with Crippen LogP contribution in [-0.4, -0.2) is 32.4 Å². The zero-order valence-electron chi connectivity index (χ0n) is 12.9. The summed E-state index contributed by atoms with van der Waals surface area (Å²) < 4.78 is 22.4. The van der Waals surface area contributed by atoms with Crippen molar-refractivity contribution >= 4 is 23.8 Å². The number of halogens is 1. The Balaban J connectivity index is 3.06. The number of rotatable bonds is 5. The van der Waals surface area contributed by atoms with Crippen LogP contribution in [0.25, 0.3) is 0 Å². The summed E-state index contributed by atoms with van der Waals surface area (Å²) >= 11 is 0. The molecule has 0 aliphatic rings. The summed E-state index contributed by atoms with van der Waals surface area (Å²) in [5, 5.41) is 0. The van der Waals surface area contributed by atoms with Crippen LogP contribution >= 0.6 is 0 Å². The number of carbonyl (C=O) groups is 2. The van der Waals surface area contributed by atoms with E-state index in [1.54, 1.807) is 13.8 Å². The maximum atomic E-state index is 13.3. The molecular formula is C16H18FNO4. The maximum Gasteiger partial charge on any atom is 0.330 e. The number of hydrogen-bond donors (Lipinski definition) is 0. The van der Waals surface area contributed by atoms with Gasteiger partial charge in [-0.25, -0.2) is 9.18 Å². The van der Waals surface area contributed by atoms with Crippen LogP contribution in [-0.2, 0) is 19.1 Å². The molecule has 1 aromatic rings. The van der Waals surface area contributed by atoms with Crippen molar-refractivity contribution in [2.75, 3.05) is 14.2 Å². The predicted octanol–water partition coefficient (Wildman–Crippen LogP) is 2.66. The minimum Gasteiger partial charge on any atom is -0.468 e. The SMILES string of the molecule is COC(=O)C=CC(C=Nc1c(C)cc(F)cc1C)C(=O)OC. The molecule has 0 spiro atoms. The molecule has 0 heterocycles.